The molecule has 2 N–H and O–H groups in total. The molecule has 0 aliphatic rings. The molecule has 1 rings (SSSR count). The highest BCUT2D eigenvalue weighted by atomic mass is 16.5. The van der Waals surface area contributed by atoms with E-state index in [0.29, 0.717) is 26.2 Å². The van der Waals surface area contributed by atoms with Gasteiger partial charge in [0.1, 0.15) is 11.6 Å². The topological polar surface area (TPSA) is 127 Å². The third-order valence-electron chi connectivity index (χ3n) is 3.98. The molecule has 9 heteroatoms. The van der Waals surface area contributed by atoms with Gasteiger partial charge in [-0.1, -0.05) is 13.3 Å². The van der Waals surface area contributed by atoms with Crippen molar-refractivity contribution >= 4 is 23.5 Å². The van der Waals surface area contributed by atoms with Crippen LogP contribution in [0.5, 0.6) is 0 Å². The first-order chi connectivity index (χ1) is 14.5. The molecule has 0 aliphatic heterocycles. The SMILES string of the molecule is CCCCOCCCNC(=O)/C(C#N)=C\Nc1cc(C(=O)OC)ccc1C(=O)OC. The molecule has 1 aromatic rings. The second-order valence-corrected chi connectivity index (χ2v) is 6.13. The number of carbonyl (C=O) groups excluding carboxylic acids is 3. The van der Waals surface area contributed by atoms with Gasteiger partial charge in [-0.05, 0) is 31.0 Å². The second kappa shape index (κ2) is 13.7. The van der Waals surface area contributed by atoms with Crippen molar-refractivity contribution < 1.29 is 28.6 Å². The van der Waals surface area contributed by atoms with Gasteiger partial charge in [0.15, 0.2) is 0 Å². The molecule has 0 aliphatic carbocycles. The summed E-state index contributed by atoms with van der Waals surface area (Å²) >= 11 is 0. The van der Waals surface area contributed by atoms with Gasteiger partial charge >= 0.3 is 11.9 Å². The van der Waals surface area contributed by atoms with Crippen molar-refractivity contribution in [2.75, 3.05) is 39.3 Å². The molecule has 1 amide bonds. The van der Waals surface area contributed by atoms with Crippen molar-refractivity contribution in [1.29, 1.82) is 5.26 Å². The lowest BCUT2D eigenvalue weighted by Crippen LogP contribution is -2.26. The number of amides is 1. The van der Waals surface area contributed by atoms with Gasteiger partial charge in [-0.2, -0.15) is 5.26 Å². The Hall–Kier alpha value is -3.38. The van der Waals surface area contributed by atoms with Crippen LogP contribution in [0, 0.1) is 11.3 Å². The molecule has 0 saturated heterocycles. The maximum atomic E-state index is 12.2. The monoisotopic (exact) mass is 417 g/mol. The van der Waals surface area contributed by atoms with E-state index in [1.54, 1.807) is 6.07 Å². The summed E-state index contributed by atoms with van der Waals surface area (Å²) in [5.74, 6) is -1.81. The highest BCUT2D eigenvalue weighted by Gasteiger charge is 2.16. The molecule has 0 aromatic heterocycles. The van der Waals surface area contributed by atoms with Crippen LogP contribution in [0.25, 0.3) is 0 Å². The summed E-state index contributed by atoms with van der Waals surface area (Å²) < 4.78 is 14.8. The van der Waals surface area contributed by atoms with Crippen LogP contribution in [0.4, 0.5) is 5.69 Å². The molecule has 0 fully saturated rings. The highest BCUT2D eigenvalue weighted by molar-refractivity contribution is 6.00. The van der Waals surface area contributed by atoms with E-state index < -0.39 is 17.8 Å². The Labute approximate surface area is 176 Å². The normalized spacial score (nSPS) is 10.7. The second-order valence-electron chi connectivity index (χ2n) is 6.13. The standard InChI is InChI=1S/C21H27N3O6/c1-4-5-10-30-11-6-9-23-19(25)16(13-22)14-24-18-12-15(20(26)28-2)7-8-17(18)21(27)29-3/h7-8,12,14,24H,4-6,9-11H2,1-3H3,(H,23,25)/b16-14-. The minimum absolute atomic E-state index is 0.128. The maximum Gasteiger partial charge on any atom is 0.339 e. The Morgan fingerprint density at radius 3 is 2.43 bits per heavy atom. The number of unbranched alkanes of at least 4 members (excludes halogenated alkanes) is 1. The molecule has 0 spiro atoms. The van der Waals surface area contributed by atoms with E-state index >= 15 is 0 Å². The van der Waals surface area contributed by atoms with Gasteiger partial charge in [-0.25, -0.2) is 9.59 Å². The van der Waals surface area contributed by atoms with Crippen molar-refractivity contribution in [2.24, 2.45) is 0 Å². The number of carbonyl (C=O) groups is 3. The molecule has 9 nitrogen and oxygen atoms in total. The van der Waals surface area contributed by atoms with Gasteiger partial charge in [0, 0.05) is 26.0 Å². The van der Waals surface area contributed by atoms with Gasteiger partial charge in [-0.3, -0.25) is 4.79 Å². The predicted octanol–water partition coefficient (Wildman–Crippen LogP) is 2.40. The molecular formula is C21H27N3O6. The molecule has 162 valence electrons. The van der Waals surface area contributed by atoms with Crippen LogP contribution < -0.4 is 10.6 Å². The first-order valence-corrected chi connectivity index (χ1v) is 9.51. The van der Waals surface area contributed by atoms with Crippen molar-refractivity contribution in [3.63, 3.8) is 0 Å². The fourth-order valence-electron chi connectivity index (χ4n) is 2.31. The number of ether oxygens (including phenoxy) is 3. The van der Waals surface area contributed by atoms with Crippen molar-refractivity contribution in [3.05, 3.63) is 41.1 Å². The average Bonchev–Trinajstić information content (AvgIpc) is 2.77. The van der Waals surface area contributed by atoms with Crippen molar-refractivity contribution in [1.82, 2.24) is 5.32 Å². The minimum atomic E-state index is -0.645. The van der Waals surface area contributed by atoms with Crippen LogP contribution >= 0.6 is 0 Å². The zero-order valence-corrected chi connectivity index (χ0v) is 17.4. The Bertz CT molecular complexity index is 813. The number of esters is 2. The molecule has 0 unspecified atom stereocenters. The largest absolute Gasteiger partial charge is 0.465 e. The summed E-state index contributed by atoms with van der Waals surface area (Å²) in [4.78, 5) is 35.9. The van der Waals surface area contributed by atoms with E-state index in [4.69, 9.17) is 9.47 Å². The van der Waals surface area contributed by atoms with E-state index in [1.165, 1.54) is 32.4 Å². The number of hydrogen-bond acceptors (Lipinski definition) is 8. The summed E-state index contributed by atoms with van der Waals surface area (Å²) in [6, 6.07) is 5.97. The molecule has 1 aromatic carbocycles. The minimum Gasteiger partial charge on any atom is -0.465 e. The first-order valence-electron chi connectivity index (χ1n) is 9.51. The van der Waals surface area contributed by atoms with Gasteiger partial charge in [0.05, 0.1) is 31.0 Å². The van der Waals surface area contributed by atoms with Crippen LogP contribution in [0.2, 0.25) is 0 Å². The number of methoxy groups -OCH3 is 2. The summed E-state index contributed by atoms with van der Waals surface area (Å²) in [6.07, 6.45) is 3.83. The zero-order valence-electron chi connectivity index (χ0n) is 17.4. The van der Waals surface area contributed by atoms with Crippen molar-refractivity contribution in [3.8, 4) is 6.07 Å². The Balaban J connectivity index is 2.81. The van der Waals surface area contributed by atoms with Gasteiger partial charge in [0.25, 0.3) is 5.91 Å². The van der Waals surface area contributed by atoms with E-state index in [0.717, 1.165) is 19.0 Å². The highest BCUT2D eigenvalue weighted by Crippen LogP contribution is 2.20. The van der Waals surface area contributed by atoms with Crippen LogP contribution in [0.15, 0.2) is 30.0 Å². The Kier molecular flexibility index (Phi) is 11.3. The third kappa shape index (κ3) is 7.93. The van der Waals surface area contributed by atoms with Crippen molar-refractivity contribution in [2.45, 2.75) is 26.2 Å². The molecule has 0 atom stereocenters. The lowest BCUT2D eigenvalue weighted by molar-refractivity contribution is -0.117. The van der Waals surface area contributed by atoms with E-state index in [1.807, 2.05) is 0 Å². The number of nitrogens with one attached hydrogen (secondary N) is 2. The smallest absolute Gasteiger partial charge is 0.339 e. The lowest BCUT2D eigenvalue weighted by Gasteiger charge is -2.10. The van der Waals surface area contributed by atoms with Crippen LogP contribution in [-0.2, 0) is 19.0 Å². The van der Waals surface area contributed by atoms with Gasteiger partial charge in [0.2, 0.25) is 0 Å². The zero-order chi connectivity index (χ0) is 22.4. The molecule has 0 bridgehead atoms. The van der Waals surface area contributed by atoms with Gasteiger partial charge < -0.3 is 24.8 Å². The van der Waals surface area contributed by atoms with Crippen LogP contribution in [0.3, 0.4) is 0 Å². The Morgan fingerprint density at radius 1 is 1.10 bits per heavy atom. The quantitative estimate of drug-likeness (QED) is 0.230. The predicted molar refractivity (Wildman–Crippen MR) is 110 cm³/mol. The van der Waals surface area contributed by atoms with Gasteiger partial charge in [-0.15, -0.1) is 0 Å². The summed E-state index contributed by atoms with van der Waals surface area (Å²) in [6.45, 7) is 3.64. The number of hydrogen-bond donors (Lipinski definition) is 2. The number of nitriles is 1. The number of benzene rings is 1. The molecular weight excluding hydrogens is 390 g/mol. The molecule has 0 saturated carbocycles. The lowest BCUT2D eigenvalue weighted by atomic mass is 10.1. The van der Waals surface area contributed by atoms with E-state index in [-0.39, 0.29) is 22.4 Å². The van der Waals surface area contributed by atoms with Crippen LogP contribution in [0.1, 0.15) is 46.9 Å². The number of rotatable bonds is 12. The Morgan fingerprint density at radius 2 is 1.80 bits per heavy atom. The fourth-order valence-corrected chi connectivity index (χ4v) is 2.31. The molecule has 0 heterocycles. The summed E-state index contributed by atoms with van der Waals surface area (Å²) in [7, 11) is 2.45. The molecule has 0 radical (unpaired) electrons. The molecule has 30 heavy (non-hydrogen) atoms. The summed E-state index contributed by atoms with van der Waals surface area (Å²) in [5, 5.41) is 14.6. The fraction of sp³-hybridized carbons (Fsp3) is 0.429. The van der Waals surface area contributed by atoms with E-state index in [9.17, 15) is 19.6 Å². The average molecular weight is 417 g/mol. The number of anilines is 1. The van der Waals surface area contributed by atoms with Crippen LogP contribution in [-0.4, -0.2) is 51.8 Å². The maximum absolute atomic E-state index is 12.2. The van der Waals surface area contributed by atoms with E-state index in [2.05, 4.69) is 22.3 Å². The first kappa shape index (κ1) is 24.7. The summed E-state index contributed by atoms with van der Waals surface area (Å²) in [5.41, 5.74) is 0.311. The number of nitrogens with zero attached hydrogens (tertiary/aromatic N) is 1. The third-order valence-corrected chi connectivity index (χ3v) is 3.98.